The van der Waals surface area contributed by atoms with Crippen LogP contribution in [0.5, 0.6) is 0 Å². The molecule has 1 aromatic heterocycles. The van der Waals surface area contributed by atoms with Gasteiger partial charge in [0.05, 0.1) is 12.7 Å². The van der Waals surface area contributed by atoms with Crippen molar-refractivity contribution in [1.29, 1.82) is 0 Å². The monoisotopic (exact) mass is 489 g/mol. The Morgan fingerprint density at radius 1 is 1.00 bits per heavy atom. The van der Waals surface area contributed by atoms with E-state index in [2.05, 4.69) is 81.4 Å². The van der Waals surface area contributed by atoms with E-state index in [1.807, 2.05) is 24.0 Å². The number of halogens is 1. The van der Waals surface area contributed by atoms with Crippen molar-refractivity contribution in [3.05, 3.63) is 89.7 Å². The van der Waals surface area contributed by atoms with E-state index in [0.717, 1.165) is 25.6 Å². The smallest absolute Gasteiger partial charge is 0.191 e. The van der Waals surface area contributed by atoms with Gasteiger partial charge in [0.1, 0.15) is 0 Å². The Kier molecular flexibility index (Phi) is 9.00. The van der Waals surface area contributed by atoms with Gasteiger partial charge in [-0.25, -0.2) is 0 Å². The van der Waals surface area contributed by atoms with Crippen LogP contribution in [0.1, 0.15) is 22.6 Å². The van der Waals surface area contributed by atoms with E-state index in [1.165, 1.54) is 16.7 Å². The fourth-order valence-corrected chi connectivity index (χ4v) is 3.10. The Bertz CT molecular complexity index is 806. The predicted molar refractivity (Wildman–Crippen MR) is 126 cm³/mol. The Labute approximate surface area is 184 Å². The number of aliphatic imine (C=N–C) groups is 1. The van der Waals surface area contributed by atoms with Crippen LogP contribution in [0.2, 0.25) is 0 Å². The molecule has 1 heterocycles. The highest BCUT2D eigenvalue weighted by molar-refractivity contribution is 14.0. The van der Waals surface area contributed by atoms with Gasteiger partial charge in [-0.3, -0.25) is 9.67 Å². The van der Waals surface area contributed by atoms with Crippen LogP contribution in [0.25, 0.3) is 0 Å². The maximum atomic E-state index is 4.35. The van der Waals surface area contributed by atoms with Crippen LogP contribution in [0, 0.1) is 6.92 Å². The molecule has 0 amide bonds. The lowest BCUT2D eigenvalue weighted by Crippen LogP contribution is -2.40. The molecule has 5 nitrogen and oxygen atoms in total. The van der Waals surface area contributed by atoms with Gasteiger partial charge in [-0.1, -0.05) is 60.7 Å². The normalized spacial score (nSPS) is 11.2. The van der Waals surface area contributed by atoms with E-state index in [4.69, 9.17) is 0 Å². The van der Waals surface area contributed by atoms with Crippen molar-refractivity contribution in [3.8, 4) is 0 Å². The largest absolute Gasteiger partial charge is 0.355 e. The molecule has 3 rings (SSSR count). The summed E-state index contributed by atoms with van der Waals surface area (Å²) in [6, 6.07) is 21.2. The molecule has 28 heavy (non-hydrogen) atoms. The summed E-state index contributed by atoms with van der Waals surface area (Å²) in [5.41, 5.74) is 3.75. The SMILES string of the molecule is CN=C(NCCn1cc(C)cn1)NCC(c1ccccc1)c1ccccc1.I. The predicted octanol–water partition coefficient (Wildman–Crippen LogP) is 3.81. The Hall–Kier alpha value is -2.35. The van der Waals surface area contributed by atoms with E-state index in [1.54, 1.807) is 7.05 Å². The third-order valence-electron chi connectivity index (χ3n) is 4.50. The molecule has 2 N–H and O–H groups in total. The van der Waals surface area contributed by atoms with Crippen LogP contribution in [0.15, 0.2) is 78.0 Å². The summed E-state index contributed by atoms with van der Waals surface area (Å²) in [5, 5.41) is 11.1. The summed E-state index contributed by atoms with van der Waals surface area (Å²) in [5.74, 6) is 1.07. The van der Waals surface area contributed by atoms with Crippen molar-refractivity contribution in [1.82, 2.24) is 20.4 Å². The van der Waals surface area contributed by atoms with Crippen LogP contribution in [0.4, 0.5) is 0 Å². The number of hydrogen-bond donors (Lipinski definition) is 2. The quantitative estimate of drug-likeness (QED) is 0.302. The van der Waals surface area contributed by atoms with Crippen molar-refractivity contribution in [3.63, 3.8) is 0 Å². The molecule has 0 aliphatic carbocycles. The lowest BCUT2D eigenvalue weighted by Gasteiger charge is -2.20. The van der Waals surface area contributed by atoms with Crippen LogP contribution < -0.4 is 10.6 Å². The molecule has 0 fully saturated rings. The first-order valence-electron chi connectivity index (χ1n) is 9.29. The van der Waals surface area contributed by atoms with E-state index in [-0.39, 0.29) is 29.9 Å². The maximum absolute atomic E-state index is 4.35. The molecule has 6 heteroatoms. The molecule has 0 saturated carbocycles. The van der Waals surface area contributed by atoms with E-state index >= 15 is 0 Å². The molecule has 0 aliphatic rings. The maximum Gasteiger partial charge on any atom is 0.191 e. The minimum atomic E-state index is 0. The van der Waals surface area contributed by atoms with E-state index in [9.17, 15) is 0 Å². The van der Waals surface area contributed by atoms with Gasteiger partial charge < -0.3 is 10.6 Å². The Morgan fingerprint density at radius 2 is 1.61 bits per heavy atom. The highest BCUT2D eigenvalue weighted by Gasteiger charge is 2.14. The second-order valence-electron chi connectivity index (χ2n) is 6.53. The van der Waals surface area contributed by atoms with E-state index in [0.29, 0.717) is 0 Å². The number of nitrogens with zero attached hydrogens (tertiary/aromatic N) is 3. The van der Waals surface area contributed by atoms with Crippen molar-refractivity contribution in [2.45, 2.75) is 19.4 Å². The molecule has 2 aromatic carbocycles. The van der Waals surface area contributed by atoms with Gasteiger partial charge in [0.2, 0.25) is 0 Å². The number of aryl methyl sites for hydroxylation is 1. The third-order valence-corrected chi connectivity index (χ3v) is 4.50. The second kappa shape index (κ2) is 11.5. The highest BCUT2D eigenvalue weighted by Crippen LogP contribution is 2.23. The van der Waals surface area contributed by atoms with Gasteiger partial charge in [-0.15, -0.1) is 24.0 Å². The molecule has 0 saturated heterocycles. The summed E-state index contributed by atoms with van der Waals surface area (Å²) in [6.07, 6.45) is 3.91. The van der Waals surface area contributed by atoms with Crippen LogP contribution in [-0.4, -0.2) is 35.9 Å². The molecule has 0 unspecified atom stereocenters. The number of aromatic nitrogens is 2. The summed E-state index contributed by atoms with van der Waals surface area (Å²) in [7, 11) is 1.80. The minimum Gasteiger partial charge on any atom is -0.355 e. The fourth-order valence-electron chi connectivity index (χ4n) is 3.10. The van der Waals surface area contributed by atoms with Crippen molar-refractivity contribution in [2.24, 2.45) is 4.99 Å². The zero-order chi connectivity index (χ0) is 18.9. The van der Waals surface area contributed by atoms with Crippen molar-refractivity contribution in [2.75, 3.05) is 20.1 Å². The van der Waals surface area contributed by atoms with Crippen LogP contribution >= 0.6 is 24.0 Å². The molecule has 3 aromatic rings. The summed E-state index contributed by atoms with van der Waals surface area (Å²) in [6.45, 7) is 4.39. The molecular weight excluding hydrogens is 461 g/mol. The summed E-state index contributed by atoms with van der Waals surface area (Å²) < 4.78 is 1.94. The molecule has 0 spiro atoms. The average molecular weight is 489 g/mol. The van der Waals surface area contributed by atoms with Crippen LogP contribution in [-0.2, 0) is 6.54 Å². The van der Waals surface area contributed by atoms with Crippen molar-refractivity contribution >= 4 is 29.9 Å². The number of rotatable bonds is 7. The molecule has 0 bridgehead atoms. The fraction of sp³-hybridized carbons (Fsp3) is 0.273. The molecule has 0 atom stereocenters. The zero-order valence-electron chi connectivity index (χ0n) is 16.4. The minimum absolute atomic E-state index is 0. The molecular formula is C22H28IN5. The first kappa shape index (κ1) is 21.9. The highest BCUT2D eigenvalue weighted by atomic mass is 127. The molecule has 0 radical (unpaired) electrons. The lowest BCUT2D eigenvalue weighted by molar-refractivity contribution is 0.596. The van der Waals surface area contributed by atoms with Crippen LogP contribution in [0.3, 0.4) is 0 Å². The Balaban J connectivity index is 0.00000280. The number of guanidine groups is 1. The van der Waals surface area contributed by atoms with Gasteiger partial charge in [-0.05, 0) is 23.6 Å². The number of nitrogens with one attached hydrogen (secondary N) is 2. The second-order valence-corrected chi connectivity index (χ2v) is 6.53. The number of benzene rings is 2. The van der Waals surface area contributed by atoms with Crippen molar-refractivity contribution < 1.29 is 0 Å². The summed E-state index contributed by atoms with van der Waals surface area (Å²) >= 11 is 0. The van der Waals surface area contributed by atoms with Gasteiger partial charge in [0.15, 0.2) is 5.96 Å². The molecule has 148 valence electrons. The van der Waals surface area contributed by atoms with Gasteiger partial charge >= 0.3 is 0 Å². The first-order valence-corrected chi connectivity index (χ1v) is 9.29. The van der Waals surface area contributed by atoms with E-state index < -0.39 is 0 Å². The van der Waals surface area contributed by atoms with Gasteiger partial charge in [0, 0.05) is 32.3 Å². The first-order chi connectivity index (χ1) is 13.3. The summed E-state index contributed by atoms with van der Waals surface area (Å²) in [4.78, 5) is 4.35. The standard InChI is InChI=1S/C22H27N5.HI/c1-18-15-26-27(17-18)14-13-24-22(23-2)25-16-21(19-9-5-3-6-10-19)20-11-7-4-8-12-20;/h3-12,15,17,21H,13-14,16H2,1-2H3,(H2,23,24,25);1H. The van der Waals surface area contributed by atoms with Gasteiger partial charge in [-0.2, -0.15) is 5.10 Å². The molecule has 0 aliphatic heterocycles. The lowest BCUT2D eigenvalue weighted by atomic mass is 9.91. The van der Waals surface area contributed by atoms with Gasteiger partial charge in [0.25, 0.3) is 0 Å². The number of hydrogen-bond acceptors (Lipinski definition) is 2. The zero-order valence-corrected chi connectivity index (χ0v) is 18.7. The third kappa shape index (κ3) is 6.37. The topological polar surface area (TPSA) is 54.2 Å². The Morgan fingerprint density at radius 3 is 2.11 bits per heavy atom. The average Bonchev–Trinajstić information content (AvgIpc) is 3.13.